The van der Waals surface area contributed by atoms with Crippen molar-refractivity contribution in [3.63, 3.8) is 0 Å². The van der Waals surface area contributed by atoms with Crippen molar-refractivity contribution < 1.29 is 53.6 Å². The summed E-state index contributed by atoms with van der Waals surface area (Å²) in [6.45, 7) is 21.6. The highest BCUT2D eigenvalue weighted by atomic mass is 16.7. The van der Waals surface area contributed by atoms with Crippen molar-refractivity contribution in [3.8, 4) is 0 Å². The number of likely N-dealkylation sites (N-methyl/N-ethyl adjacent to an activating group) is 1. The zero-order valence-corrected chi connectivity index (χ0v) is 36.9. The summed E-state index contributed by atoms with van der Waals surface area (Å²) < 4.78 is 39.0. The van der Waals surface area contributed by atoms with Crippen molar-refractivity contribution in [1.29, 1.82) is 0 Å². The van der Waals surface area contributed by atoms with Crippen LogP contribution in [-0.4, -0.2) is 156 Å². The Morgan fingerprint density at radius 1 is 0.964 bits per heavy atom. The van der Waals surface area contributed by atoms with Crippen molar-refractivity contribution in [1.82, 2.24) is 15.5 Å². The molecule has 3 heterocycles. The average Bonchev–Trinajstić information content (AvgIpc) is 3.96. The topological polar surface area (TPSA) is 181 Å². The molecule has 1 saturated carbocycles. The molecule has 0 spiro atoms. The molecular formula is C42H79N3O11. The minimum absolute atomic E-state index is 0.0535. The van der Waals surface area contributed by atoms with Crippen LogP contribution in [0.1, 0.15) is 115 Å². The minimum Gasteiger partial charge on any atom is -0.459 e. The predicted octanol–water partition coefficient (Wildman–Crippen LogP) is 2.96. The summed E-state index contributed by atoms with van der Waals surface area (Å²) in [6, 6.07) is 0.109. The number of ether oxygens (including phenoxy) is 6. The molecule has 3 aliphatic heterocycles. The number of rotatable bonds is 10. The first-order valence-corrected chi connectivity index (χ1v) is 21.2. The average molecular weight is 802 g/mol. The second-order valence-corrected chi connectivity index (χ2v) is 19.3. The molecule has 0 amide bonds. The van der Waals surface area contributed by atoms with Gasteiger partial charge in [0.1, 0.15) is 29.0 Å². The highest BCUT2D eigenvalue weighted by molar-refractivity contribution is 5.73. The van der Waals surface area contributed by atoms with Gasteiger partial charge in [0, 0.05) is 50.7 Å². The van der Waals surface area contributed by atoms with Gasteiger partial charge in [-0.3, -0.25) is 4.79 Å². The van der Waals surface area contributed by atoms with Gasteiger partial charge in [0.15, 0.2) is 12.6 Å². The van der Waals surface area contributed by atoms with Crippen LogP contribution in [0, 0.1) is 23.2 Å². The first-order valence-electron chi connectivity index (χ1n) is 21.2. The van der Waals surface area contributed by atoms with Gasteiger partial charge in [0.2, 0.25) is 0 Å². The van der Waals surface area contributed by atoms with Crippen molar-refractivity contribution in [3.05, 3.63) is 0 Å². The molecule has 3 saturated heterocycles. The van der Waals surface area contributed by atoms with Crippen molar-refractivity contribution in [2.45, 2.75) is 205 Å². The van der Waals surface area contributed by atoms with E-state index in [4.69, 9.17) is 28.4 Å². The summed E-state index contributed by atoms with van der Waals surface area (Å²) in [5, 5.41) is 54.0. The number of nitrogens with one attached hydrogen (secondary N) is 2. The molecular weight excluding hydrogens is 722 g/mol. The summed E-state index contributed by atoms with van der Waals surface area (Å²) in [7, 11) is 5.45. The number of aliphatic hydroxyl groups is 4. The Hall–Kier alpha value is -1.01. The lowest BCUT2D eigenvalue weighted by atomic mass is 9.72. The van der Waals surface area contributed by atoms with E-state index in [0.29, 0.717) is 25.4 Å². The van der Waals surface area contributed by atoms with Gasteiger partial charge in [-0.25, -0.2) is 0 Å². The van der Waals surface area contributed by atoms with Crippen LogP contribution in [0.15, 0.2) is 0 Å². The number of esters is 1. The normalized spacial score (nSPS) is 47.5. The minimum atomic E-state index is -1.74. The Labute approximate surface area is 337 Å². The molecule has 0 aromatic rings. The number of nitrogens with zero attached hydrogens (tertiary/aromatic N) is 1. The van der Waals surface area contributed by atoms with Crippen molar-refractivity contribution in [2.75, 3.05) is 34.3 Å². The molecule has 1 aliphatic carbocycles. The van der Waals surface area contributed by atoms with Gasteiger partial charge in [0.05, 0.1) is 36.4 Å². The molecule has 14 heteroatoms. The molecule has 17 atom stereocenters. The Bertz CT molecular complexity index is 1270. The predicted molar refractivity (Wildman–Crippen MR) is 213 cm³/mol. The molecule has 6 N–H and O–H groups in total. The third-order valence-corrected chi connectivity index (χ3v) is 13.7. The zero-order valence-electron chi connectivity index (χ0n) is 36.9. The first kappa shape index (κ1) is 47.7. The maximum atomic E-state index is 14.4. The fraction of sp³-hybridized carbons (Fsp3) is 0.976. The molecule has 4 fully saturated rings. The Kier molecular flexibility index (Phi) is 15.9. The van der Waals surface area contributed by atoms with Crippen molar-refractivity contribution in [2.24, 2.45) is 23.2 Å². The van der Waals surface area contributed by atoms with Crippen LogP contribution >= 0.6 is 0 Å². The summed E-state index contributed by atoms with van der Waals surface area (Å²) >= 11 is 0. The van der Waals surface area contributed by atoms with E-state index in [1.54, 1.807) is 14.0 Å². The van der Waals surface area contributed by atoms with E-state index in [1.165, 1.54) is 6.92 Å². The van der Waals surface area contributed by atoms with E-state index >= 15 is 0 Å². The Morgan fingerprint density at radius 2 is 1.61 bits per heavy atom. The van der Waals surface area contributed by atoms with E-state index in [1.807, 2.05) is 60.5 Å². The van der Waals surface area contributed by atoms with Gasteiger partial charge in [0.25, 0.3) is 0 Å². The molecule has 14 nitrogen and oxygen atoms in total. The van der Waals surface area contributed by atoms with Crippen LogP contribution in [0.3, 0.4) is 0 Å². The largest absolute Gasteiger partial charge is 0.459 e. The molecule has 0 aromatic carbocycles. The Balaban J connectivity index is 1.78. The van der Waals surface area contributed by atoms with E-state index < -0.39 is 89.2 Å². The number of cyclic esters (lactones) is 1. The van der Waals surface area contributed by atoms with Gasteiger partial charge in [-0.05, 0) is 99.1 Å². The first-order chi connectivity index (χ1) is 25.9. The molecule has 0 aromatic heterocycles. The fourth-order valence-corrected chi connectivity index (χ4v) is 9.68. The van der Waals surface area contributed by atoms with Crippen LogP contribution in [0.4, 0.5) is 0 Å². The lowest BCUT2D eigenvalue weighted by Gasteiger charge is -2.54. The van der Waals surface area contributed by atoms with E-state index in [-0.39, 0.29) is 43.5 Å². The summed E-state index contributed by atoms with van der Waals surface area (Å²) in [6.07, 6.45) is -3.59. The lowest BCUT2D eigenvalue weighted by Crippen LogP contribution is -2.70. The third kappa shape index (κ3) is 10.5. The van der Waals surface area contributed by atoms with Gasteiger partial charge >= 0.3 is 5.97 Å². The van der Waals surface area contributed by atoms with Gasteiger partial charge in [-0.15, -0.1) is 0 Å². The fourth-order valence-electron chi connectivity index (χ4n) is 9.68. The summed E-state index contributed by atoms with van der Waals surface area (Å²) in [4.78, 5) is 16.4. The molecule has 0 bridgehead atoms. The molecule has 4 aliphatic rings. The van der Waals surface area contributed by atoms with Crippen LogP contribution < -0.4 is 10.6 Å². The quantitative estimate of drug-likeness (QED) is 0.178. The third-order valence-electron chi connectivity index (χ3n) is 13.7. The van der Waals surface area contributed by atoms with Crippen LogP contribution in [0.5, 0.6) is 0 Å². The molecule has 0 radical (unpaired) electrons. The summed E-state index contributed by atoms with van der Waals surface area (Å²) in [5.74, 6) is -2.42. The van der Waals surface area contributed by atoms with Crippen LogP contribution in [-0.2, 0) is 33.2 Å². The van der Waals surface area contributed by atoms with Gasteiger partial charge in [-0.1, -0.05) is 34.6 Å². The van der Waals surface area contributed by atoms with E-state index in [0.717, 1.165) is 12.8 Å². The van der Waals surface area contributed by atoms with Gasteiger partial charge < -0.3 is 64.4 Å². The highest BCUT2D eigenvalue weighted by Crippen LogP contribution is 2.44. The second kappa shape index (κ2) is 18.7. The number of carbonyl (C=O) groups excluding carboxylic acids is 1. The molecule has 0 unspecified atom stereocenters. The lowest BCUT2D eigenvalue weighted by molar-refractivity contribution is -0.334. The number of carbonyl (C=O) groups is 1. The van der Waals surface area contributed by atoms with E-state index in [9.17, 15) is 25.2 Å². The molecule has 328 valence electrons. The maximum Gasteiger partial charge on any atom is 0.311 e. The number of aliphatic hydroxyl groups excluding tert-OH is 2. The van der Waals surface area contributed by atoms with Crippen LogP contribution in [0.2, 0.25) is 0 Å². The smallest absolute Gasteiger partial charge is 0.311 e. The standard InChI is InChI=1S/C42H79N3O11/c1-15-31-41(11,49)35(47)23(2)21-43-24(3)19-39(8,9)36(56-38-33(46)30(45(12)13)18-25(4)52-38)26(5)34(27(6)37(48)54-31)55-32-20-40(10,51-14)42(50,28(7)53-32)22-44-29-16-17-29/h23-36,38,43-44,46-47,49-50H,15-22H2,1-14H3/t23-,24+,25+,26-,27+,28-,30-,31+,32+,33+,34+,35+,36+,38-,40-,41+,42+/m0/s1. The zero-order chi connectivity index (χ0) is 42.1. The number of methoxy groups -OCH3 is 1. The summed E-state index contributed by atoms with van der Waals surface area (Å²) in [5.41, 5.74) is -4.78. The monoisotopic (exact) mass is 802 g/mol. The maximum absolute atomic E-state index is 14.4. The van der Waals surface area contributed by atoms with E-state index in [2.05, 4.69) is 31.4 Å². The highest BCUT2D eigenvalue weighted by Gasteiger charge is 2.58. The van der Waals surface area contributed by atoms with Crippen LogP contribution in [0.25, 0.3) is 0 Å². The molecule has 56 heavy (non-hydrogen) atoms. The SMILES string of the molecule is CC[C@H]1OC(=O)[C@H](C)[C@H](O[C@@H]2C[C@](C)(OC)[C@@](O)(CNC3CC3)[C@H](C)O2)[C@H](C)[C@@H](O[C@@H]2O[C@H](C)C[C@H](N(C)C)[C@H]2O)C(C)(C)C[C@@H](C)NC[C@H](C)[C@@H](O)[C@]1(C)O. The second-order valence-electron chi connectivity index (χ2n) is 19.3. The van der Waals surface area contributed by atoms with Gasteiger partial charge in [-0.2, -0.15) is 0 Å². The van der Waals surface area contributed by atoms with Crippen molar-refractivity contribution >= 4 is 5.97 Å². The Morgan fingerprint density at radius 3 is 2.18 bits per heavy atom. The number of hydrogen-bond donors (Lipinski definition) is 6. The number of hydrogen-bond acceptors (Lipinski definition) is 14. The molecule has 4 rings (SSSR count).